The van der Waals surface area contributed by atoms with E-state index in [9.17, 15) is 5.11 Å². The van der Waals surface area contributed by atoms with E-state index in [0.717, 1.165) is 23.7 Å². The van der Waals surface area contributed by atoms with Gasteiger partial charge in [0.1, 0.15) is 54.7 Å². The van der Waals surface area contributed by atoms with E-state index < -0.39 is 61.2 Å². The lowest BCUT2D eigenvalue weighted by molar-refractivity contribution is 0.00479. The van der Waals surface area contributed by atoms with Gasteiger partial charge >= 0.3 is 0 Å². The molecule has 12 heteroatoms. The molecule has 1 N–H and O–H groups in total. The van der Waals surface area contributed by atoms with E-state index in [1.54, 1.807) is 10.6 Å². The van der Waals surface area contributed by atoms with E-state index in [4.69, 9.17) is 23.7 Å². The zero-order valence-corrected chi connectivity index (χ0v) is 25.8. The minimum atomic E-state index is -1.36. The van der Waals surface area contributed by atoms with Crippen LogP contribution >= 0.6 is 0 Å². The number of aliphatic hydroxyl groups is 1. The molecule has 2 aromatic heterocycles. The fraction of sp³-hybridized carbons (Fsp3) is 0.406. The quantitative estimate of drug-likeness (QED) is 0.163. The van der Waals surface area contributed by atoms with Gasteiger partial charge in [0.2, 0.25) is 0 Å². The number of ether oxygens (including phenoxy) is 5. The Kier molecular flexibility index (Phi) is 8.71. The van der Waals surface area contributed by atoms with Crippen LogP contribution in [0.5, 0.6) is 11.6 Å². The molecule has 0 aliphatic carbocycles. The fourth-order valence-electron chi connectivity index (χ4n) is 5.37. The van der Waals surface area contributed by atoms with Gasteiger partial charge in [-0.2, -0.15) is 0 Å². The summed E-state index contributed by atoms with van der Waals surface area (Å²) in [5, 5.41) is 10.1. The number of nitrogens with zero attached hydrogens (tertiary/aromatic N) is 2. The molecule has 0 bridgehead atoms. The Bertz CT molecular complexity index is 1610. The topological polar surface area (TPSA) is 84.2 Å². The summed E-state index contributed by atoms with van der Waals surface area (Å²) in [5.74, 6) is -2.64. The van der Waals surface area contributed by atoms with Crippen LogP contribution in [0.1, 0.15) is 5.56 Å². The van der Waals surface area contributed by atoms with E-state index >= 15 is 13.2 Å². The smallest absolute Gasteiger partial charge is 0.198 e. The van der Waals surface area contributed by atoms with Crippen LogP contribution in [0.3, 0.4) is 0 Å². The molecule has 2 aliphatic rings. The second-order valence-electron chi connectivity index (χ2n) is 12.3. The molecule has 0 spiro atoms. The molecule has 2 fully saturated rings. The van der Waals surface area contributed by atoms with Crippen molar-refractivity contribution in [1.29, 1.82) is 0 Å². The van der Waals surface area contributed by atoms with Gasteiger partial charge in [-0.15, -0.1) is 0 Å². The summed E-state index contributed by atoms with van der Waals surface area (Å²) in [5.41, 5.74) is 0.352. The third-order valence-electron chi connectivity index (χ3n) is 7.77. The highest BCUT2D eigenvalue weighted by atomic mass is 28.3. The van der Waals surface area contributed by atoms with Gasteiger partial charge in [0.15, 0.2) is 17.8 Å². The van der Waals surface area contributed by atoms with Crippen LogP contribution in [0.25, 0.3) is 22.3 Å². The molecule has 2 saturated heterocycles. The Morgan fingerprint density at radius 1 is 0.955 bits per heavy atom. The SMILES string of the molecule is C[Si](C)(C)CCOCn1c(O[C@@H]2CO[C@H]3[C@@H]2OC[C@H]3O)cc2nc(-c3c(F)cc(OCc4ccccc4)cc3F)c(F)cc21. The molecule has 2 aliphatic heterocycles. The van der Waals surface area contributed by atoms with Gasteiger partial charge in [-0.3, -0.25) is 4.57 Å². The van der Waals surface area contributed by atoms with Crippen LogP contribution in [0, 0.1) is 17.5 Å². The lowest BCUT2D eigenvalue weighted by Gasteiger charge is -2.20. The zero-order chi connectivity index (χ0) is 31.0. The van der Waals surface area contributed by atoms with Gasteiger partial charge in [-0.25, -0.2) is 18.2 Å². The molecule has 234 valence electrons. The normalized spacial score (nSPS) is 21.6. The summed E-state index contributed by atoms with van der Waals surface area (Å²) in [6.45, 7) is 7.71. The van der Waals surface area contributed by atoms with E-state index in [-0.39, 0.29) is 37.8 Å². The first-order valence-corrected chi connectivity index (χ1v) is 18.3. The summed E-state index contributed by atoms with van der Waals surface area (Å²) >= 11 is 0. The van der Waals surface area contributed by atoms with Crippen molar-refractivity contribution in [2.45, 2.75) is 63.4 Å². The second-order valence-corrected chi connectivity index (χ2v) is 18.0. The molecular formula is C32H35F3N2O6Si. The first kappa shape index (κ1) is 30.6. The number of benzene rings is 2. The van der Waals surface area contributed by atoms with E-state index in [1.807, 2.05) is 30.3 Å². The Morgan fingerprint density at radius 3 is 2.41 bits per heavy atom. The highest BCUT2D eigenvalue weighted by Gasteiger charge is 2.48. The average Bonchev–Trinajstić information content (AvgIpc) is 3.65. The van der Waals surface area contributed by atoms with Crippen LogP contribution in [0.15, 0.2) is 54.6 Å². The third kappa shape index (κ3) is 6.50. The predicted octanol–water partition coefficient (Wildman–Crippen LogP) is 5.92. The van der Waals surface area contributed by atoms with Crippen LogP contribution in [-0.4, -0.2) is 67.0 Å². The van der Waals surface area contributed by atoms with Crippen molar-refractivity contribution in [3.63, 3.8) is 0 Å². The lowest BCUT2D eigenvalue weighted by atomic mass is 10.1. The molecule has 0 saturated carbocycles. The number of halogens is 3. The van der Waals surface area contributed by atoms with Crippen molar-refractivity contribution in [2.75, 3.05) is 19.8 Å². The van der Waals surface area contributed by atoms with Crippen molar-refractivity contribution >= 4 is 19.1 Å². The molecular weight excluding hydrogens is 593 g/mol. The number of fused-ring (bicyclic) bond motifs is 2. The van der Waals surface area contributed by atoms with E-state index in [0.29, 0.717) is 18.0 Å². The maximum atomic E-state index is 15.6. The maximum Gasteiger partial charge on any atom is 0.198 e. The molecule has 4 aromatic rings. The Hall–Kier alpha value is -3.42. The van der Waals surface area contributed by atoms with Crippen molar-refractivity contribution in [1.82, 2.24) is 9.55 Å². The van der Waals surface area contributed by atoms with Gasteiger partial charge < -0.3 is 28.8 Å². The van der Waals surface area contributed by atoms with E-state index in [1.165, 1.54) is 6.07 Å². The van der Waals surface area contributed by atoms with Crippen molar-refractivity contribution in [3.8, 4) is 22.9 Å². The fourth-order valence-corrected chi connectivity index (χ4v) is 6.13. The minimum absolute atomic E-state index is 0.0252. The number of rotatable bonds is 11. The molecule has 0 unspecified atom stereocenters. The predicted molar refractivity (Wildman–Crippen MR) is 160 cm³/mol. The molecule has 4 heterocycles. The summed E-state index contributed by atoms with van der Waals surface area (Å²) in [4.78, 5) is 4.34. The number of pyridine rings is 1. The largest absolute Gasteiger partial charge is 0.489 e. The standard InChI is InChI=1S/C32H35F3N2O6Si/c1-44(2,3)10-9-39-18-37-25-13-23(35)30(29-21(33)11-20(12-22(29)34)40-15-19-7-5-4-6-8-19)36-24(25)14-28(37)43-27-17-42-31-26(38)16-41-32(27)31/h4-8,11-14,26-27,31-32,38H,9-10,15-18H2,1-3H3/t26-,27-,31-,32-/m1/s1. The Balaban J connectivity index is 1.30. The van der Waals surface area contributed by atoms with Gasteiger partial charge in [-0.1, -0.05) is 50.0 Å². The van der Waals surface area contributed by atoms with E-state index in [2.05, 4.69) is 24.6 Å². The van der Waals surface area contributed by atoms with Gasteiger partial charge in [0, 0.05) is 38.9 Å². The number of hydrogen-bond donors (Lipinski definition) is 1. The summed E-state index contributed by atoms with van der Waals surface area (Å²) in [6.07, 6.45) is -2.26. The minimum Gasteiger partial charge on any atom is -0.489 e. The van der Waals surface area contributed by atoms with Crippen LogP contribution in [-0.2, 0) is 27.5 Å². The van der Waals surface area contributed by atoms with Crippen LogP contribution in [0.4, 0.5) is 13.2 Å². The molecule has 0 radical (unpaired) electrons. The summed E-state index contributed by atoms with van der Waals surface area (Å²) < 4.78 is 77.0. The molecule has 4 atom stereocenters. The van der Waals surface area contributed by atoms with Crippen molar-refractivity contribution in [3.05, 3.63) is 77.6 Å². The highest BCUT2D eigenvalue weighted by Crippen LogP contribution is 2.36. The van der Waals surface area contributed by atoms with Crippen LogP contribution < -0.4 is 9.47 Å². The second kappa shape index (κ2) is 12.5. The summed E-state index contributed by atoms with van der Waals surface area (Å²) in [6, 6.07) is 14.9. The Labute approximate surface area is 254 Å². The zero-order valence-electron chi connectivity index (χ0n) is 24.8. The molecule has 8 nitrogen and oxygen atoms in total. The Morgan fingerprint density at radius 2 is 1.68 bits per heavy atom. The van der Waals surface area contributed by atoms with Gasteiger partial charge in [0.05, 0.1) is 29.8 Å². The molecule has 6 rings (SSSR count). The monoisotopic (exact) mass is 628 g/mol. The van der Waals surface area contributed by atoms with Crippen LogP contribution in [0.2, 0.25) is 25.7 Å². The molecule has 0 amide bonds. The van der Waals surface area contributed by atoms with Crippen molar-refractivity contribution in [2.24, 2.45) is 0 Å². The maximum absolute atomic E-state index is 15.6. The number of aliphatic hydroxyl groups excluding tert-OH is 1. The first-order chi connectivity index (χ1) is 21.1. The molecule has 2 aromatic carbocycles. The average molecular weight is 629 g/mol. The summed E-state index contributed by atoms with van der Waals surface area (Å²) in [7, 11) is -1.36. The highest BCUT2D eigenvalue weighted by molar-refractivity contribution is 6.76. The van der Waals surface area contributed by atoms with Gasteiger partial charge in [0.25, 0.3) is 0 Å². The molecule has 44 heavy (non-hydrogen) atoms. The third-order valence-corrected chi connectivity index (χ3v) is 9.48. The van der Waals surface area contributed by atoms with Gasteiger partial charge in [-0.05, 0) is 11.6 Å². The van der Waals surface area contributed by atoms with Crippen molar-refractivity contribution < 1.29 is 42.0 Å². The lowest BCUT2D eigenvalue weighted by Crippen LogP contribution is -2.35. The number of aromatic nitrogens is 2. The number of hydrogen-bond acceptors (Lipinski definition) is 7. The first-order valence-electron chi connectivity index (χ1n) is 14.6.